The molecule has 0 fully saturated rings. The molecule has 3 nitrogen and oxygen atoms in total. The number of hydrogen-bond acceptors (Lipinski definition) is 2. The van der Waals surface area contributed by atoms with E-state index in [-0.39, 0.29) is 6.04 Å². The molecule has 0 saturated heterocycles. The van der Waals surface area contributed by atoms with Crippen LogP contribution in [0.2, 0.25) is 0 Å². The first kappa shape index (κ1) is 14.8. The van der Waals surface area contributed by atoms with Gasteiger partial charge in [0, 0.05) is 19.4 Å². The third kappa shape index (κ3) is 3.48. The van der Waals surface area contributed by atoms with E-state index >= 15 is 0 Å². The summed E-state index contributed by atoms with van der Waals surface area (Å²) in [5.41, 5.74) is 4.08. The van der Waals surface area contributed by atoms with Gasteiger partial charge in [-0.3, -0.25) is 0 Å². The average Bonchev–Trinajstić information content (AvgIpc) is 2.84. The molecule has 0 spiro atoms. The van der Waals surface area contributed by atoms with Crippen molar-refractivity contribution in [3.8, 4) is 0 Å². The van der Waals surface area contributed by atoms with Crippen LogP contribution in [0.4, 0.5) is 0 Å². The second kappa shape index (κ2) is 6.71. The SMILES string of the molecule is CCCNC(Cc1cc(C)ccc1C)c1nccn1C. The fourth-order valence-electron chi connectivity index (χ4n) is 2.53. The number of aromatic nitrogens is 2. The Morgan fingerprint density at radius 1 is 1.30 bits per heavy atom. The first-order chi connectivity index (χ1) is 9.61. The lowest BCUT2D eigenvalue weighted by molar-refractivity contribution is 0.491. The molecule has 1 aromatic carbocycles. The minimum atomic E-state index is 0.274. The van der Waals surface area contributed by atoms with Crippen LogP contribution in [0.15, 0.2) is 30.6 Å². The predicted molar refractivity (Wildman–Crippen MR) is 83.9 cm³/mol. The molecule has 0 amide bonds. The Morgan fingerprint density at radius 3 is 2.75 bits per heavy atom. The van der Waals surface area contributed by atoms with E-state index in [0.29, 0.717) is 0 Å². The van der Waals surface area contributed by atoms with E-state index in [2.05, 4.69) is 60.9 Å². The van der Waals surface area contributed by atoms with E-state index in [9.17, 15) is 0 Å². The smallest absolute Gasteiger partial charge is 0.125 e. The maximum atomic E-state index is 4.52. The van der Waals surface area contributed by atoms with Crippen LogP contribution in [0.25, 0.3) is 0 Å². The van der Waals surface area contributed by atoms with Gasteiger partial charge < -0.3 is 9.88 Å². The monoisotopic (exact) mass is 271 g/mol. The van der Waals surface area contributed by atoms with Crippen LogP contribution in [0.5, 0.6) is 0 Å². The molecule has 108 valence electrons. The molecule has 0 bridgehead atoms. The van der Waals surface area contributed by atoms with Gasteiger partial charge in [-0.1, -0.05) is 30.7 Å². The fourth-order valence-corrected chi connectivity index (χ4v) is 2.53. The lowest BCUT2D eigenvalue weighted by atomic mass is 9.98. The molecule has 2 aromatic rings. The maximum absolute atomic E-state index is 4.52. The topological polar surface area (TPSA) is 29.9 Å². The van der Waals surface area contributed by atoms with Gasteiger partial charge in [0.2, 0.25) is 0 Å². The highest BCUT2D eigenvalue weighted by atomic mass is 15.1. The first-order valence-corrected chi connectivity index (χ1v) is 7.38. The summed E-state index contributed by atoms with van der Waals surface area (Å²) < 4.78 is 2.11. The van der Waals surface area contributed by atoms with Crippen molar-refractivity contribution in [3.05, 3.63) is 53.1 Å². The van der Waals surface area contributed by atoms with Crippen molar-refractivity contribution in [3.63, 3.8) is 0 Å². The molecule has 0 radical (unpaired) electrons. The van der Waals surface area contributed by atoms with Crippen molar-refractivity contribution in [2.75, 3.05) is 6.54 Å². The van der Waals surface area contributed by atoms with E-state index in [0.717, 1.165) is 25.2 Å². The Morgan fingerprint density at radius 2 is 2.10 bits per heavy atom. The summed E-state index contributed by atoms with van der Waals surface area (Å²) in [7, 11) is 2.06. The summed E-state index contributed by atoms with van der Waals surface area (Å²) >= 11 is 0. The average molecular weight is 271 g/mol. The van der Waals surface area contributed by atoms with Crippen LogP contribution in [0.3, 0.4) is 0 Å². The quantitative estimate of drug-likeness (QED) is 0.873. The molecule has 0 aliphatic heterocycles. The molecule has 0 aliphatic carbocycles. The molecule has 2 rings (SSSR count). The molecule has 1 atom stereocenters. The van der Waals surface area contributed by atoms with Gasteiger partial charge in [-0.2, -0.15) is 0 Å². The fraction of sp³-hybridized carbons (Fsp3) is 0.471. The highest BCUT2D eigenvalue weighted by Gasteiger charge is 2.16. The number of rotatable bonds is 6. The third-order valence-electron chi connectivity index (χ3n) is 3.74. The molecule has 1 aromatic heterocycles. The highest BCUT2D eigenvalue weighted by molar-refractivity contribution is 5.31. The largest absolute Gasteiger partial charge is 0.337 e. The molecule has 3 heteroatoms. The zero-order valence-corrected chi connectivity index (χ0v) is 13.0. The number of hydrogen-bond donors (Lipinski definition) is 1. The van der Waals surface area contributed by atoms with E-state index in [1.54, 1.807) is 0 Å². The van der Waals surface area contributed by atoms with Crippen molar-refractivity contribution in [1.82, 2.24) is 14.9 Å². The van der Waals surface area contributed by atoms with E-state index < -0.39 is 0 Å². The number of aryl methyl sites for hydroxylation is 3. The number of benzene rings is 1. The van der Waals surface area contributed by atoms with Crippen LogP contribution in [-0.4, -0.2) is 16.1 Å². The molecule has 0 aliphatic rings. The standard InChI is InChI=1S/C17H25N3/c1-5-8-18-16(17-19-9-10-20(17)4)12-15-11-13(2)6-7-14(15)3/h6-7,9-11,16,18H,5,8,12H2,1-4H3. The second-order valence-corrected chi connectivity index (χ2v) is 5.54. The van der Waals surface area contributed by atoms with Gasteiger partial charge in [0.1, 0.15) is 5.82 Å². The molecule has 20 heavy (non-hydrogen) atoms. The lowest BCUT2D eigenvalue weighted by Crippen LogP contribution is -2.26. The molecule has 1 N–H and O–H groups in total. The Balaban J connectivity index is 2.23. The Kier molecular flexibility index (Phi) is 4.96. The maximum Gasteiger partial charge on any atom is 0.125 e. The van der Waals surface area contributed by atoms with Crippen molar-refractivity contribution in [2.24, 2.45) is 7.05 Å². The van der Waals surface area contributed by atoms with E-state index in [1.165, 1.54) is 16.7 Å². The second-order valence-electron chi connectivity index (χ2n) is 5.54. The van der Waals surface area contributed by atoms with E-state index in [4.69, 9.17) is 0 Å². The van der Waals surface area contributed by atoms with Gasteiger partial charge >= 0.3 is 0 Å². The molecule has 1 unspecified atom stereocenters. The zero-order chi connectivity index (χ0) is 14.5. The van der Waals surface area contributed by atoms with Gasteiger partial charge in [-0.15, -0.1) is 0 Å². The van der Waals surface area contributed by atoms with Crippen molar-refractivity contribution >= 4 is 0 Å². The Hall–Kier alpha value is -1.61. The lowest BCUT2D eigenvalue weighted by Gasteiger charge is -2.20. The Bertz CT molecular complexity index is 557. The van der Waals surface area contributed by atoms with Crippen LogP contribution in [0, 0.1) is 13.8 Å². The molecular formula is C17H25N3. The number of imidazole rings is 1. The van der Waals surface area contributed by atoms with E-state index in [1.807, 2.05) is 12.4 Å². The third-order valence-corrected chi connectivity index (χ3v) is 3.74. The Labute approximate surface area is 122 Å². The minimum Gasteiger partial charge on any atom is -0.337 e. The van der Waals surface area contributed by atoms with Crippen molar-refractivity contribution < 1.29 is 0 Å². The predicted octanol–water partition coefficient (Wildman–Crippen LogP) is 3.32. The van der Waals surface area contributed by atoms with Crippen molar-refractivity contribution in [1.29, 1.82) is 0 Å². The number of nitrogens with one attached hydrogen (secondary N) is 1. The van der Waals surface area contributed by atoms with Gasteiger partial charge in [0.25, 0.3) is 0 Å². The summed E-state index contributed by atoms with van der Waals surface area (Å²) in [6.07, 6.45) is 6.00. The molecule has 0 saturated carbocycles. The normalized spacial score (nSPS) is 12.6. The highest BCUT2D eigenvalue weighted by Crippen LogP contribution is 2.20. The van der Waals surface area contributed by atoms with Gasteiger partial charge in [-0.25, -0.2) is 4.98 Å². The van der Waals surface area contributed by atoms with Crippen LogP contribution >= 0.6 is 0 Å². The van der Waals surface area contributed by atoms with Crippen LogP contribution in [0.1, 0.15) is 41.9 Å². The summed E-state index contributed by atoms with van der Waals surface area (Å²) in [5, 5.41) is 3.62. The summed E-state index contributed by atoms with van der Waals surface area (Å²) in [6.45, 7) is 7.55. The first-order valence-electron chi connectivity index (χ1n) is 7.38. The number of nitrogens with zero attached hydrogens (tertiary/aromatic N) is 2. The zero-order valence-electron chi connectivity index (χ0n) is 13.0. The van der Waals surface area contributed by atoms with Gasteiger partial charge in [0.05, 0.1) is 6.04 Å². The summed E-state index contributed by atoms with van der Waals surface area (Å²) in [4.78, 5) is 4.52. The molecular weight excluding hydrogens is 246 g/mol. The van der Waals surface area contributed by atoms with Gasteiger partial charge in [0.15, 0.2) is 0 Å². The molecule has 1 heterocycles. The van der Waals surface area contributed by atoms with Crippen LogP contribution < -0.4 is 5.32 Å². The summed E-state index contributed by atoms with van der Waals surface area (Å²) in [6, 6.07) is 6.95. The van der Waals surface area contributed by atoms with Crippen LogP contribution in [-0.2, 0) is 13.5 Å². The van der Waals surface area contributed by atoms with Gasteiger partial charge in [-0.05, 0) is 44.4 Å². The minimum absolute atomic E-state index is 0.274. The van der Waals surface area contributed by atoms with Crippen molar-refractivity contribution in [2.45, 2.75) is 39.7 Å². The summed E-state index contributed by atoms with van der Waals surface area (Å²) in [5.74, 6) is 1.11.